The molecular formula is C12H13N3O2. The number of aromatic nitrogens is 1. The molecule has 0 aliphatic rings. The zero-order valence-corrected chi connectivity index (χ0v) is 9.43. The number of hydrogen-bond acceptors (Lipinski definition) is 4. The Hall–Kier alpha value is -2.30. The van der Waals surface area contributed by atoms with E-state index in [4.69, 9.17) is 20.3 Å². The second kappa shape index (κ2) is 4.69. The molecule has 0 saturated carbocycles. The topological polar surface area (TPSA) is 85.1 Å². The molecule has 2 aromatic rings. The van der Waals surface area contributed by atoms with Crippen molar-refractivity contribution in [1.82, 2.24) is 4.98 Å². The quantitative estimate of drug-likeness (QED) is 0.621. The average molecular weight is 231 g/mol. The number of pyridine rings is 1. The molecule has 0 amide bonds. The van der Waals surface area contributed by atoms with Crippen molar-refractivity contribution < 1.29 is 9.15 Å². The Kier molecular flexibility index (Phi) is 3.09. The highest BCUT2D eigenvalue weighted by Gasteiger charge is 2.09. The minimum absolute atomic E-state index is 0.0630. The number of nitrogens with zero attached hydrogens (tertiary/aromatic N) is 1. The van der Waals surface area contributed by atoms with Crippen molar-refractivity contribution in [3.05, 3.63) is 47.5 Å². The van der Waals surface area contributed by atoms with Gasteiger partial charge in [0, 0.05) is 5.69 Å². The Bertz CT molecular complexity index is 521. The van der Waals surface area contributed by atoms with Gasteiger partial charge in [0.05, 0.1) is 11.8 Å². The third kappa shape index (κ3) is 2.63. The Morgan fingerprint density at radius 3 is 2.94 bits per heavy atom. The van der Waals surface area contributed by atoms with E-state index in [1.54, 1.807) is 24.5 Å². The van der Waals surface area contributed by atoms with Crippen molar-refractivity contribution in [2.24, 2.45) is 5.73 Å². The summed E-state index contributed by atoms with van der Waals surface area (Å²) in [6, 6.07) is 7.11. The molecule has 0 saturated heterocycles. The van der Waals surface area contributed by atoms with Crippen molar-refractivity contribution in [2.45, 2.75) is 13.5 Å². The zero-order valence-electron chi connectivity index (χ0n) is 9.43. The van der Waals surface area contributed by atoms with Crippen molar-refractivity contribution in [3.8, 4) is 5.88 Å². The van der Waals surface area contributed by atoms with E-state index in [0.717, 1.165) is 5.69 Å². The lowest BCUT2D eigenvalue weighted by molar-refractivity contribution is 0.259. The molecule has 0 atom stereocenters. The minimum atomic E-state index is -0.0630. The van der Waals surface area contributed by atoms with Crippen LogP contribution < -0.4 is 10.5 Å². The molecular weight excluding hydrogens is 218 g/mol. The largest absolute Gasteiger partial charge is 0.469 e. The van der Waals surface area contributed by atoms with Gasteiger partial charge in [-0.3, -0.25) is 5.41 Å². The van der Waals surface area contributed by atoms with Crippen LogP contribution in [0.25, 0.3) is 0 Å². The number of amidine groups is 1. The molecule has 17 heavy (non-hydrogen) atoms. The maximum Gasteiger partial charge on any atom is 0.225 e. The van der Waals surface area contributed by atoms with Crippen LogP contribution in [0.15, 0.2) is 34.9 Å². The van der Waals surface area contributed by atoms with Gasteiger partial charge in [-0.15, -0.1) is 0 Å². The standard InChI is InChI=1S/C12H13N3O2/c1-8-4-5-10(11(13)14)12(15-8)17-7-9-3-2-6-16-9/h2-6H,7H2,1H3,(H3,13,14). The number of hydrogen-bond donors (Lipinski definition) is 2. The second-order valence-corrected chi connectivity index (χ2v) is 3.59. The molecule has 0 spiro atoms. The summed E-state index contributed by atoms with van der Waals surface area (Å²) in [5.41, 5.74) is 6.75. The normalized spacial score (nSPS) is 10.2. The SMILES string of the molecule is Cc1ccc(C(=N)N)c(OCc2ccco2)n1. The summed E-state index contributed by atoms with van der Waals surface area (Å²) >= 11 is 0. The predicted molar refractivity (Wildman–Crippen MR) is 63.0 cm³/mol. The maximum atomic E-state index is 7.43. The Labute approximate surface area is 98.7 Å². The van der Waals surface area contributed by atoms with Crippen LogP contribution >= 0.6 is 0 Å². The van der Waals surface area contributed by atoms with E-state index < -0.39 is 0 Å². The molecule has 5 nitrogen and oxygen atoms in total. The maximum absolute atomic E-state index is 7.43. The lowest BCUT2D eigenvalue weighted by Gasteiger charge is -2.08. The van der Waals surface area contributed by atoms with E-state index in [1.165, 1.54) is 0 Å². The van der Waals surface area contributed by atoms with E-state index in [9.17, 15) is 0 Å². The highest BCUT2D eigenvalue weighted by molar-refractivity contribution is 5.97. The monoisotopic (exact) mass is 231 g/mol. The number of aryl methyl sites for hydroxylation is 1. The van der Waals surface area contributed by atoms with E-state index in [1.807, 2.05) is 13.0 Å². The number of nitrogens with two attached hydrogens (primary N) is 1. The molecule has 0 unspecified atom stereocenters. The zero-order chi connectivity index (χ0) is 12.3. The highest BCUT2D eigenvalue weighted by Crippen LogP contribution is 2.17. The minimum Gasteiger partial charge on any atom is -0.469 e. The summed E-state index contributed by atoms with van der Waals surface area (Å²) in [5.74, 6) is 0.989. The summed E-state index contributed by atoms with van der Waals surface area (Å²) in [6.45, 7) is 2.12. The molecule has 2 aromatic heterocycles. The summed E-state index contributed by atoms with van der Waals surface area (Å²) in [7, 11) is 0. The van der Waals surface area contributed by atoms with Crippen LogP contribution in [0.3, 0.4) is 0 Å². The van der Waals surface area contributed by atoms with Crippen LogP contribution in [-0.2, 0) is 6.61 Å². The first-order valence-corrected chi connectivity index (χ1v) is 5.14. The van der Waals surface area contributed by atoms with Crippen LogP contribution in [0.1, 0.15) is 17.0 Å². The molecule has 0 fully saturated rings. The van der Waals surface area contributed by atoms with Crippen molar-refractivity contribution in [3.63, 3.8) is 0 Å². The van der Waals surface area contributed by atoms with Gasteiger partial charge in [-0.25, -0.2) is 4.98 Å². The van der Waals surface area contributed by atoms with E-state index >= 15 is 0 Å². The average Bonchev–Trinajstić information content (AvgIpc) is 2.78. The van der Waals surface area contributed by atoms with Crippen LogP contribution in [0.2, 0.25) is 0 Å². The molecule has 5 heteroatoms. The third-order valence-corrected chi connectivity index (χ3v) is 2.22. The van der Waals surface area contributed by atoms with Gasteiger partial charge in [0.2, 0.25) is 5.88 Å². The third-order valence-electron chi connectivity index (χ3n) is 2.22. The fourth-order valence-electron chi connectivity index (χ4n) is 1.38. The molecule has 0 bridgehead atoms. The summed E-state index contributed by atoms with van der Waals surface area (Å²) in [4.78, 5) is 4.21. The van der Waals surface area contributed by atoms with Gasteiger partial charge >= 0.3 is 0 Å². The van der Waals surface area contributed by atoms with Crippen LogP contribution in [0, 0.1) is 12.3 Å². The first-order chi connectivity index (χ1) is 8.16. The van der Waals surface area contributed by atoms with E-state index in [2.05, 4.69) is 4.98 Å². The predicted octanol–water partition coefficient (Wildman–Crippen LogP) is 1.85. The number of ether oxygens (including phenoxy) is 1. The molecule has 0 aliphatic heterocycles. The van der Waals surface area contributed by atoms with Gasteiger partial charge in [0.15, 0.2) is 0 Å². The van der Waals surface area contributed by atoms with Crippen LogP contribution in [-0.4, -0.2) is 10.8 Å². The van der Waals surface area contributed by atoms with Gasteiger partial charge in [0.25, 0.3) is 0 Å². The fraction of sp³-hybridized carbons (Fsp3) is 0.167. The lowest BCUT2D eigenvalue weighted by Crippen LogP contribution is -2.14. The molecule has 0 radical (unpaired) electrons. The summed E-state index contributed by atoms with van der Waals surface area (Å²) < 4.78 is 10.6. The van der Waals surface area contributed by atoms with Crippen molar-refractivity contribution in [2.75, 3.05) is 0 Å². The van der Waals surface area contributed by atoms with Crippen molar-refractivity contribution >= 4 is 5.84 Å². The Morgan fingerprint density at radius 2 is 2.29 bits per heavy atom. The molecule has 88 valence electrons. The molecule has 3 N–H and O–H groups in total. The van der Waals surface area contributed by atoms with Gasteiger partial charge < -0.3 is 14.9 Å². The number of rotatable bonds is 4. The first kappa shape index (κ1) is 11.2. The van der Waals surface area contributed by atoms with Crippen LogP contribution in [0.4, 0.5) is 0 Å². The molecule has 0 aliphatic carbocycles. The first-order valence-electron chi connectivity index (χ1n) is 5.14. The highest BCUT2D eigenvalue weighted by atomic mass is 16.5. The fourth-order valence-corrected chi connectivity index (χ4v) is 1.38. The van der Waals surface area contributed by atoms with E-state index in [-0.39, 0.29) is 12.4 Å². The lowest BCUT2D eigenvalue weighted by atomic mass is 10.2. The smallest absolute Gasteiger partial charge is 0.225 e. The number of nitrogen functional groups attached to an aromatic ring is 1. The number of furan rings is 1. The van der Waals surface area contributed by atoms with E-state index in [0.29, 0.717) is 17.2 Å². The van der Waals surface area contributed by atoms with Gasteiger partial charge in [0.1, 0.15) is 18.2 Å². The second-order valence-electron chi connectivity index (χ2n) is 3.59. The Balaban J connectivity index is 2.19. The number of nitrogens with one attached hydrogen (secondary N) is 1. The van der Waals surface area contributed by atoms with Crippen molar-refractivity contribution in [1.29, 1.82) is 5.41 Å². The van der Waals surface area contributed by atoms with Gasteiger partial charge in [-0.05, 0) is 31.2 Å². The Morgan fingerprint density at radius 1 is 1.47 bits per heavy atom. The molecule has 0 aromatic carbocycles. The molecule has 2 rings (SSSR count). The van der Waals surface area contributed by atoms with Crippen LogP contribution in [0.5, 0.6) is 5.88 Å². The summed E-state index contributed by atoms with van der Waals surface area (Å²) in [6.07, 6.45) is 1.58. The summed E-state index contributed by atoms with van der Waals surface area (Å²) in [5, 5.41) is 7.43. The molecule has 2 heterocycles. The van der Waals surface area contributed by atoms with Gasteiger partial charge in [-0.1, -0.05) is 0 Å². The van der Waals surface area contributed by atoms with Gasteiger partial charge in [-0.2, -0.15) is 0 Å².